The first-order chi connectivity index (χ1) is 7.10. The van der Waals surface area contributed by atoms with Crippen LogP contribution in [0.1, 0.15) is 6.92 Å². The Morgan fingerprint density at radius 2 is 2.20 bits per heavy atom. The molecule has 0 aliphatic carbocycles. The number of carboxylic acid groups (broad SMARTS) is 1. The molecule has 86 valence electrons. The first-order valence-electron chi connectivity index (χ1n) is 4.80. The number of halogens is 1. The molecular weight excluding hydrogens is 205 g/mol. The van der Waals surface area contributed by atoms with E-state index in [9.17, 15) is 14.0 Å². The van der Waals surface area contributed by atoms with E-state index in [0.29, 0.717) is 0 Å². The van der Waals surface area contributed by atoms with Gasteiger partial charge in [-0.15, -0.1) is 0 Å². The van der Waals surface area contributed by atoms with Gasteiger partial charge in [-0.05, 0) is 6.92 Å². The number of esters is 1. The van der Waals surface area contributed by atoms with Crippen molar-refractivity contribution in [1.29, 1.82) is 0 Å². The Bertz CT molecular complexity index is 258. The van der Waals surface area contributed by atoms with E-state index in [1.165, 1.54) is 0 Å². The molecule has 15 heavy (non-hydrogen) atoms. The maximum Gasteiger partial charge on any atom is 0.407 e. The van der Waals surface area contributed by atoms with Gasteiger partial charge in [-0.1, -0.05) is 0 Å². The Kier molecular flexibility index (Phi) is 3.88. The highest BCUT2D eigenvalue weighted by Gasteiger charge is 2.40. The van der Waals surface area contributed by atoms with Gasteiger partial charge in [0.15, 0.2) is 0 Å². The zero-order chi connectivity index (χ0) is 11.4. The van der Waals surface area contributed by atoms with Crippen molar-refractivity contribution in [2.24, 2.45) is 11.8 Å². The maximum absolute atomic E-state index is 12.6. The summed E-state index contributed by atoms with van der Waals surface area (Å²) in [7, 11) is 0. The normalized spacial score (nSPS) is 25.3. The van der Waals surface area contributed by atoms with Gasteiger partial charge in [0.05, 0.1) is 19.2 Å². The molecule has 6 heteroatoms. The molecule has 0 spiro atoms. The van der Waals surface area contributed by atoms with Crippen LogP contribution in [0.3, 0.4) is 0 Å². The molecule has 1 amide bonds. The molecule has 1 fully saturated rings. The highest BCUT2D eigenvalue weighted by molar-refractivity contribution is 5.75. The number of rotatable bonds is 3. The molecule has 1 heterocycles. The van der Waals surface area contributed by atoms with Gasteiger partial charge in [-0.2, -0.15) is 0 Å². The molecule has 1 saturated heterocycles. The van der Waals surface area contributed by atoms with Crippen LogP contribution in [-0.2, 0) is 9.53 Å². The number of likely N-dealkylation sites (tertiary alicyclic amines) is 1. The van der Waals surface area contributed by atoms with Crippen LogP contribution < -0.4 is 0 Å². The predicted octanol–water partition coefficient (Wildman–Crippen LogP) is 0.745. The second-order valence-corrected chi connectivity index (χ2v) is 3.46. The summed E-state index contributed by atoms with van der Waals surface area (Å²) >= 11 is 0. The Hall–Kier alpha value is -1.33. The molecule has 0 aromatic carbocycles. The zero-order valence-electron chi connectivity index (χ0n) is 8.48. The van der Waals surface area contributed by atoms with E-state index < -0.39 is 30.6 Å². The summed E-state index contributed by atoms with van der Waals surface area (Å²) in [6.45, 7) is 1.28. The molecule has 0 aromatic heterocycles. The van der Waals surface area contributed by atoms with E-state index in [0.717, 1.165) is 4.90 Å². The lowest BCUT2D eigenvalue weighted by Gasteiger charge is -2.12. The lowest BCUT2D eigenvalue weighted by atomic mass is 9.98. The van der Waals surface area contributed by atoms with Crippen LogP contribution >= 0.6 is 0 Å². The highest BCUT2D eigenvalue weighted by Crippen LogP contribution is 2.25. The van der Waals surface area contributed by atoms with Gasteiger partial charge >= 0.3 is 12.1 Å². The van der Waals surface area contributed by atoms with E-state index in [-0.39, 0.29) is 19.7 Å². The van der Waals surface area contributed by atoms with E-state index in [4.69, 9.17) is 9.84 Å². The number of nitrogens with zero attached hydrogens (tertiary/aromatic N) is 1. The van der Waals surface area contributed by atoms with Crippen molar-refractivity contribution in [3.8, 4) is 0 Å². The van der Waals surface area contributed by atoms with Crippen LogP contribution in [0.5, 0.6) is 0 Å². The van der Waals surface area contributed by atoms with E-state index >= 15 is 0 Å². The molecule has 5 nitrogen and oxygen atoms in total. The van der Waals surface area contributed by atoms with Gasteiger partial charge in [-0.25, -0.2) is 4.79 Å². The minimum atomic E-state index is -1.12. The number of carbonyl (C=O) groups excluding carboxylic acids is 1. The lowest BCUT2D eigenvalue weighted by Crippen LogP contribution is -2.28. The average Bonchev–Trinajstić information content (AvgIpc) is 2.61. The van der Waals surface area contributed by atoms with E-state index in [1.807, 2.05) is 0 Å². The Balaban J connectivity index is 2.63. The minimum absolute atomic E-state index is 0.0305. The largest absolute Gasteiger partial charge is 0.466 e. The topological polar surface area (TPSA) is 66.8 Å². The standard InChI is InChI=1S/C9H14FNO4/c1-2-15-8(12)7-5-11(9(13)14)4-6(7)3-10/h6-7H,2-5H2,1H3,(H,13,14). The molecule has 1 aliphatic heterocycles. The van der Waals surface area contributed by atoms with Crippen LogP contribution in [0, 0.1) is 11.8 Å². The van der Waals surface area contributed by atoms with Gasteiger partial charge in [0.1, 0.15) is 0 Å². The van der Waals surface area contributed by atoms with Gasteiger partial charge in [-0.3, -0.25) is 9.18 Å². The quantitative estimate of drug-likeness (QED) is 0.711. The van der Waals surface area contributed by atoms with Crippen LogP contribution in [0.4, 0.5) is 9.18 Å². The van der Waals surface area contributed by atoms with Crippen molar-refractivity contribution in [2.45, 2.75) is 6.92 Å². The van der Waals surface area contributed by atoms with Crippen molar-refractivity contribution >= 4 is 12.1 Å². The summed E-state index contributed by atoms with van der Waals surface area (Å²) in [6.07, 6.45) is -1.12. The summed E-state index contributed by atoms with van der Waals surface area (Å²) in [5, 5.41) is 8.71. The average molecular weight is 219 g/mol. The van der Waals surface area contributed by atoms with Crippen LogP contribution in [-0.4, -0.2) is 48.4 Å². The van der Waals surface area contributed by atoms with E-state index in [1.54, 1.807) is 6.92 Å². The third-order valence-corrected chi connectivity index (χ3v) is 2.50. The highest BCUT2D eigenvalue weighted by atomic mass is 19.1. The van der Waals surface area contributed by atoms with Crippen LogP contribution in [0.25, 0.3) is 0 Å². The Labute approximate surface area is 86.8 Å². The monoisotopic (exact) mass is 219 g/mol. The first kappa shape index (κ1) is 11.7. The number of ether oxygens (including phenoxy) is 1. The summed E-state index contributed by atoms with van der Waals surface area (Å²) in [5.41, 5.74) is 0. The summed E-state index contributed by atoms with van der Waals surface area (Å²) < 4.78 is 17.3. The van der Waals surface area contributed by atoms with Gasteiger partial charge < -0.3 is 14.7 Å². The molecule has 1 rings (SSSR count). The fraction of sp³-hybridized carbons (Fsp3) is 0.778. The van der Waals surface area contributed by atoms with Crippen molar-refractivity contribution in [1.82, 2.24) is 4.90 Å². The Morgan fingerprint density at radius 3 is 2.67 bits per heavy atom. The maximum atomic E-state index is 12.6. The SMILES string of the molecule is CCOC(=O)C1CN(C(=O)O)CC1CF. The second-order valence-electron chi connectivity index (χ2n) is 3.46. The number of hydrogen-bond acceptors (Lipinski definition) is 3. The predicted molar refractivity (Wildman–Crippen MR) is 49.2 cm³/mol. The number of amides is 1. The van der Waals surface area contributed by atoms with Gasteiger partial charge in [0.2, 0.25) is 0 Å². The second kappa shape index (κ2) is 4.95. The van der Waals surface area contributed by atoms with Crippen molar-refractivity contribution in [3.05, 3.63) is 0 Å². The minimum Gasteiger partial charge on any atom is -0.466 e. The smallest absolute Gasteiger partial charge is 0.407 e. The number of hydrogen-bond donors (Lipinski definition) is 1. The molecule has 0 radical (unpaired) electrons. The van der Waals surface area contributed by atoms with Crippen molar-refractivity contribution in [2.75, 3.05) is 26.4 Å². The van der Waals surface area contributed by atoms with E-state index in [2.05, 4.69) is 0 Å². The van der Waals surface area contributed by atoms with Crippen LogP contribution in [0.15, 0.2) is 0 Å². The number of alkyl halides is 1. The third-order valence-electron chi connectivity index (χ3n) is 2.50. The molecule has 0 saturated carbocycles. The molecule has 2 unspecified atom stereocenters. The molecule has 1 N–H and O–H groups in total. The van der Waals surface area contributed by atoms with Crippen molar-refractivity contribution in [3.63, 3.8) is 0 Å². The zero-order valence-corrected chi connectivity index (χ0v) is 8.48. The summed E-state index contributed by atoms with van der Waals surface area (Å²) in [6, 6.07) is 0. The summed E-state index contributed by atoms with van der Waals surface area (Å²) in [4.78, 5) is 23.1. The van der Waals surface area contributed by atoms with Gasteiger partial charge in [0, 0.05) is 19.0 Å². The van der Waals surface area contributed by atoms with Crippen LogP contribution in [0.2, 0.25) is 0 Å². The molecular formula is C9H14FNO4. The van der Waals surface area contributed by atoms with Gasteiger partial charge in [0.25, 0.3) is 0 Å². The molecule has 0 bridgehead atoms. The molecule has 0 aromatic rings. The molecule has 2 atom stereocenters. The van der Waals surface area contributed by atoms with Crippen molar-refractivity contribution < 1.29 is 23.8 Å². The Morgan fingerprint density at radius 1 is 1.53 bits per heavy atom. The fourth-order valence-corrected chi connectivity index (χ4v) is 1.70. The molecule has 1 aliphatic rings. The fourth-order valence-electron chi connectivity index (χ4n) is 1.70. The number of carbonyl (C=O) groups is 2. The summed E-state index contributed by atoms with van der Waals surface area (Å²) in [5.74, 6) is -1.74. The third kappa shape index (κ3) is 2.57. The lowest BCUT2D eigenvalue weighted by molar-refractivity contribution is -0.148. The first-order valence-corrected chi connectivity index (χ1v) is 4.80.